The lowest BCUT2D eigenvalue weighted by Gasteiger charge is -2.06. The molecule has 4 N–H and O–H groups in total. The molecule has 5 nitrogen and oxygen atoms in total. The van der Waals surface area contributed by atoms with E-state index < -0.39 is 0 Å². The molecule has 0 fully saturated rings. The zero-order valence-electron chi connectivity index (χ0n) is 11.6. The summed E-state index contributed by atoms with van der Waals surface area (Å²) in [5, 5.41) is 14.7. The molecule has 0 spiro atoms. The number of oxime groups is 1. The number of pyridine rings is 1. The van der Waals surface area contributed by atoms with Crippen molar-refractivity contribution >= 4 is 11.7 Å². The van der Waals surface area contributed by atoms with Gasteiger partial charge in [-0.25, -0.2) is 4.98 Å². The number of hydrogen-bond donors (Lipinski definition) is 3. The van der Waals surface area contributed by atoms with Crippen LogP contribution in [0.3, 0.4) is 0 Å². The van der Waals surface area contributed by atoms with Crippen LogP contribution in [-0.2, 0) is 0 Å². The lowest BCUT2D eigenvalue weighted by atomic mass is 10.1. The van der Waals surface area contributed by atoms with Crippen LogP contribution >= 0.6 is 0 Å². The van der Waals surface area contributed by atoms with Crippen LogP contribution in [0.1, 0.15) is 51.0 Å². The first kappa shape index (κ1) is 15.3. The molecule has 5 heteroatoms. The van der Waals surface area contributed by atoms with Crippen molar-refractivity contribution in [2.24, 2.45) is 10.9 Å². The molecule has 1 rings (SSSR count). The molecule has 0 aliphatic heterocycles. The Morgan fingerprint density at radius 2 is 2.00 bits per heavy atom. The van der Waals surface area contributed by atoms with Crippen LogP contribution in [0.25, 0.3) is 0 Å². The van der Waals surface area contributed by atoms with Crippen molar-refractivity contribution in [1.29, 1.82) is 0 Å². The Morgan fingerprint density at radius 3 is 2.63 bits per heavy atom. The third-order valence-corrected chi connectivity index (χ3v) is 3.00. The van der Waals surface area contributed by atoms with E-state index in [0.717, 1.165) is 18.8 Å². The second kappa shape index (κ2) is 9.19. The maximum absolute atomic E-state index is 8.54. The minimum absolute atomic E-state index is 0.0787. The first-order chi connectivity index (χ1) is 9.27. The van der Waals surface area contributed by atoms with Crippen molar-refractivity contribution in [3.8, 4) is 0 Å². The van der Waals surface area contributed by atoms with Crippen LogP contribution in [0.4, 0.5) is 5.82 Å². The van der Waals surface area contributed by atoms with Gasteiger partial charge in [-0.2, -0.15) is 0 Å². The Bertz CT molecular complexity index is 376. The largest absolute Gasteiger partial charge is 0.409 e. The monoisotopic (exact) mass is 264 g/mol. The van der Waals surface area contributed by atoms with Crippen LogP contribution in [0.2, 0.25) is 0 Å². The molecule has 106 valence electrons. The summed E-state index contributed by atoms with van der Waals surface area (Å²) in [5.74, 6) is 0.901. The molecule has 1 aromatic heterocycles. The molecule has 0 aliphatic rings. The quantitative estimate of drug-likeness (QED) is 0.210. The number of rotatable bonds is 9. The number of anilines is 1. The first-order valence-corrected chi connectivity index (χ1v) is 6.95. The minimum Gasteiger partial charge on any atom is -0.409 e. The number of amidine groups is 1. The number of hydrogen-bond acceptors (Lipinski definition) is 4. The molecule has 0 saturated heterocycles. The summed E-state index contributed by atoms with van der Waals surface area (Å²) in [7, 11) is 0. The molecule has 0 aromatic carbocycles. The Balaban J connectivity index is 2.19. The lowest BCUT2D eigenvalue weighted by molar-refractivity contribution is 0.318. The predicted octanol–water partition coefficient (Wildman–Crippen LogP) is 2.95. The van der Waals surface area contributed by atoms with Gasteiger partial charge in [0.2, 0.25) is 0 Å². The van der Waals surface area contributed by atoms with E-state index in [1.807, 2.05) is 6.07 Å². The molecule has 0 saturated carbocycles. The van der Waals surface area contributed by atoms with Crippen LogP contribution in [0.15, 0.2) is 23.5 Å². The highest BCUT2D eigenvalue weighted by Gasteiger charge is 1.99. The van der Waals surface area contributed by atoms with Gasteiger partial charge in [-0.3, -0.25) is 0 Å². The predicted molar refractivity (Wildman–Crippen MR) is 78.6 cm³/mol. The summed E-state index contributed by atoms with van der Waals surface area (Å²) in [5.41, 5.74) is 6.08. The van der Waals surface area contributed by atoms with E-state index in [1.54, 1.807) is 12.3 Å². The maximum Gasteiger partial charge on any atom is 0.171 e. The van der Waals surface area contributed by atoms with Gasteiger partial charge in [0.25, 0.3) is 0 Å². The fourth-order valence-electron chi connectivity index (χ4n) is 1.83. The molecule has 0 radical (unpaired) electrons. The number of aromatic nitrogens is 1. The van der Waals surface area contributed by atoms with Crippen LogP contribution < -0.4 is 11.1 Å². The molecule has 0 aliphatic carbocycles. The number of nitrogens with zero attached hydrogens (tertiary/aromatic N) is 2. The lowest BCUT2D eigenvalue weighted by Crippen LogP contribution is -2.13. The van der Waals surface area contributed by atoms with Gasteiger partial charge < -0.3 is 16.3 Å². The van der Waals surface area contributed by atoms with Gasteiger partial charge >= 0.3 is 0 Å². The molecule has 0 atom stereocenters. The first-order valence-electron chi connectivity index (χ1n) is 6.95. The molecule has 1 aromatic rings. The van der Waals surface area contributed by atoms with Gasteiger partial charge in [-0.05, 0) is 18.6 Å². The van der Waals surface area contributed by atoms with E-state index >= 15 is 0 Å². The Morgan fingerprint density at radius 1 is 1.26 bits per heavy atom. The molecule has 0 bridgehead atoms. The van der Waals surface area contributed by atoms with E-state index in [2.05, 4.69) is 22.4 Å². The van der Waals surface area contributed by atoms with Gasteiger partial charge in [0.1, 0.15) is 5.82 Å². The second-order valence-electron chi connectivity index (χ2n) is 4.61. The normalized spacial score (nSPS) is 11.5. The van der Waals surface area contributed by atoms with Gasteiger partial charge in [0, 0.05) is 18.3 Å². The molecule has 19 heavy (non-hydrogen) atoms. The minimum atomic E-state index is 0.0787. The zero-order chi connectivity index (χ0) is 13.9. The van der Waals surface area contributed by atoms with Crippen molar-refractivity contribution in [1.82, 2.24) is 4.98 Å². The smallest absolute Gasteiger partial charge is 0.171 e. The van der Waals surface area contributed by atoms with Crippen LogP contribution in [0.5, 0.6) is 0 Å². The zero-order valence-corrected chi connectivity index (χ0v) is 11.6. The third kappa shape index (κ3) is 6.08. The van der Waals surface area contributed by atoms with Gasteiger partial charge in [-0.15, -0.1) is 0 Å². The van der Waals surface area contributed by atoms with Gasteiger partial charge in [0.15, 0.2) is 5.84 Å². The van der Waals surface area contributed by atoms with Crippen molar-refractivity contribution in [3.05, 3.63) is 23.9 Å². The standard InChI is InChI=1S/C14H24N4O/c1-2-3-4-5-6-7-10-16-13-9-8-12(11-17-13)14(15)18-19/h8-9,11,19H,2-7,10H2,1H3,(H2,15,18)(H,16,17). The summed E-state index contributed by atoms with van der Waals surface area (Å²) in [6, 6.07) is 3.62. The fourth-order valence-corrected chi connectivity index (χ4v) is 1.83. The summed E-state index contributed by atoms with van der Waals surface area (Å²) in [6.07, 6.45) is 9.29. The molecule has 0 amide bonds. The van der Waals surface area contributed by atoms with Crippen LogP contribution in [0, 0.1) is 0 Å². The van der Waals surface area contributed by atoms with E-state index in [-0.39, 0.29) is 5.84 Å². The SMILES string of the molecule is CCCCCCCCNc1ccc(/C(N)=N/O)cn1. The number of nitrogens with two attached hydrogens (primary N) is 1. The molecular weight excluding hydrogens is 240 g/mol. The van der Waals surface area contributed by atoms with E-state index in [4.69, 9.17) is 10.9 Å². The molecule has 1 heterocycles. The fraction of sp³-hybridized carbons (Fsp3) is 0.571. The summed E-state index contributed by atoms with van der Waals surface area (Å²) < 4.78 is 0. The van der Waals surface area contributed by atoms with E-state index in [9.17, 15) is 0 Å². The molecule has 0 unspecified atom stereocenters. The Hall–Kier alpha value is -1.78. The number of nitrogens with one attached hydrogen (secondary N) is 1. The van der Waals surface area contributed by atoms with Crippen molar-refractivity contribution < 1.29 is 5.21 Å². The summed E-state index contributed by atoms with van der Waals surface area (Å²) >= 11 is 0. The van der Waals surface area contributed by atoms with Crippen molar-refractivity contribution in [2.45, 2.75) is 45.4 Å². The summed E-state index contributed by atoms with van der Waals surface area (Å²) in [6.45, 7) is 3.16. The topological polar surface area (TPSA) is 83.5 Å². The Kier molecular flexibility index (Phi) is 7.39. The Labute approximate surface area is 114 Å². The second-order valence-corrected chi connectivity index (χ2v) is 4.61. The van der Waals surface area contributed by atoms with Crippen LogP contribution in [-0.4, -0.2) is 22.6 Å². The van der Waals surface area contributed by atoms with Crippen molar-refractivity contribution in [2.75, 3.05) is 11.9 Å². The third-order valence-electron chi connectivity index (χ3n) is 3.00. The average Bonchev–Trinajstić information content (AvgIpc) is 2.46. The van der Waals surface area contributed by atoms with Crippen molar-refractivity contribution in [3.63, 3.8) is 0 Å². The highest BCUT2D eigenvalue weighted by Crippen LogP contribution is 2.07. The van der Waals surface area contributed by atoms with E-state index in [1.165, 1.54) is 32.1 Å². The molecular formula is C14H24N4O. The summed E-state index contributed by atoms with van der Waals surface area (Å²) in [4.78, 5) is 4.21. The average molecular weight is 264 g/mol. The maximum atomic E-state index is 8.54. The highest BCUT2D eigenvalue weighted by atomic mass is 16.4. The van der Waals surface area contributed by atoms with E-state index in [0.29, 0.717) is 5.56 Å². The van der Waals surface area contributed by atoms with Gasteiger partial charge in [0.05, 0.1) is 0 Å². The van der Waals surface area contributed by atoms with Gasteiger partial charge in [-0.1, -0.05) is 44.2 Å². The highest BCUT2D eigenvalue weighted by molar-refractivity contribution is 5.96. The number of unbranched alkanes of at least 4 members (excludes halogenated alkanes) is 5.